The average Bonchev–Trinajstić information content (AvgIpc) is 2.50. The highest BCUT2D eigenvalue weighted by atomic mass is 32.2. The third-order valence-electron chi connectivity index (χ3n) is 3.99. The van der Waals surface area contributed by atoms with Crippen LogP contribution in [0.25, 0.3) is 0 Å². The molecule has 0 saturated carbocycles. The van der Waals surface area contributed by atoms with Gasteiger partial charge in [0.15, 0.2) is 0 Å². The molecule has 6 heteroatoms. The van der Waals surface area contributed by atoms with Gasteiger partial charge in [-0.2, -0.15) is 4.21 Å². The van der Waals surface area contributed by atoms with E-state index in [0.717, 1.165) is 12.8 Å². The summed E-state index contributed by atoms with van der Waals surface area (Å²) in [6, 6.07) is 0. The van der Waals surface area contributed by atoms with Crippen molar-refractivity contribution >= 4 is 17.3 Å². The van der Waals surface area contributed by atoms with E-state index >= 15 is 0 Å². The van der Waals surface area contributed by atoms with Crippen LogP contribution in [0.3, 0.4) is 0 Å². The van der Waals surface area contributed by atoms with Crippen LogP contribution in [0.1, 0.15) is 110 Å². The molecule has 3 N–H and O–H groups in total. The summed E-state index contributed by atoms with van der Waals surface area (Å²) in [5.41, 5.74) is 0. The summed E-state index contributed by atoms with van der Waals surface area (Å²) in [6.07, 6.45) is 20.2. The highest BCUT2D eigenvalue weighted by molar-refractivity contribution is 7.73. The lowest BCUT2D eigenvalue weighted by Crippen LogP contribution is -1.93. The van der Waals surface area contributed by atoms with Gasteiger partial charge in [-0.25, -0.2) is 0 Å². The molecular formula is C18H38O5S. The number of carbonyl (C=O) groups is 1. The van der Waals surface area contributed by atoms with Crippen LogP contribution in [0.5, 0.6) is 0 Å². The third kappa shape index (κ3) is 33.2. The molecule has 0 aromatic rings. The third-order valence-corrected chi connectivity index (χ3v) is 3.99. The Morgan fingerprint density at radius 2 is 0.917 bits per heavy atom. The first-order chi connectivity index (χ1) is 11.5. The summed E-state index contributed by atoms with van der Waals surface area (Å²) < 4.78 is 22.8. The molecule has 0 radical (unpaired) electrons. The van der Waals surface area contributed by atoms with Crippen LogP contribution in [0.4, 0.5) is 0 Å². The Bertz CT molecular complexity index is 281. The van der Waals surface area contributed by atoms with E-state index in [4.69, 9.17) is 18.4 Å². The van der Waals surface area contributed by atoms with Gasteiger partial charge in [-0.15, -0.1) is 0 Å². The van der Waals surface area contributed by atoms with Gasteiger partial charge < -0.3 is 5.11 Å². The molecule has 0 saturated heterocycles. The van der Waals surface area contributed by atoms with Crippen molar-refractivity contribution in [3.05, 3.63) is 0 Å². The van der Waals surface area contributed by atoms with E-state index in [0.29, 0.717) is 6.42 Å². The maximum absolute atomic E-state index is 10.3. The van der Waals surface area contributed by atoms with Gasteiger partial charge in [0, 0.05) is 6.42 Å². The molecule has 0 aliphatic heterocycles. The van der Waals surface area contributed by atoms with Gasteiger partial charge in [0.05, 0.1) is 0 Å². The molecule has 0 rings (SSSR count). The normalized spacial score (nSPS) is 10.5. The zero-order valence-corrected chi connectivity index (χ0v) is 16.2. The van der Waals surface area contributed by atoms with Crippen molar-refractivity contribution in [2.45, 2.75) is 110 Å². The fourth-order valence-corrected chi connectivity index (χ4v) is 2.65. The predicted octanol–water partition coefficient (Wildman–Crippen LogP) is 6.01. The van der Waals surface area contributed by atoms with Gasteiger partial charge in [-0.3, -0.25) is 13.9 Å². The van der Waals surface area contributed by atoms with Gasteiger partial charge in [0.25, 0.3) is 11.4 Å². The highest BCUT2D eigenvalue weighted by Gasteiger charge is 1.97. The van der Waals surface area contributed by atoms with Crippen LogP contribution >= 0.6 is 0 Å². The highest BCUT2D eigenvalue weighted by Crippen LogP contribution is 2.13. The van der Waals surface area contributed by atoms with E-state index in [1.165, 1.54) is 83.5 Å². The Labute approximate surface area is 150 Å². The Kier molecular flexibility index (Phi) is 24.2. The van der Waals surface area contributed by atoms with Crippen molar-refractivity contribution in [1.82, 2.24) is 0 Å². The molecule has 0 unspecified atom stereocenters. The van der Waals surface area contributed by atoms with E-state index in [1.807, 2.05) is 0 Å². The molecule has 0 aliphatic carbocycles. The maximum atomic E-state index is 10.3. The molecule has 0 heterocycles. The molecule has 0 fully saturated rings. The van der Waals surface area contributed by atoms with Crippen molar-refractivity contribution in [3.63, 3.8) is 0 Å². The van der Waals surface area contributed by atoms with Gasteiger partial charge in [-0.05, 0) is 6.42 Å². The summed E-state index contributed by atoms with van der Waals surface area (Å²) in [5.74, 6) is -0.653. The summed E-state index contributed by atoms with van der Waals surface area (Å²) in [7, 11) is 0. The lowest BCUT2D eigenvalue weighted by molar-refractivity contribution is -0.137. The lowest BCUT2D eigenvalue weighted by atomic mass is 10.0. The predicted molar refractivity (Wildman–Crippen MR) is 101 cm³/mol. The standard InChI is InChI=1S/C18H36O2.H2O3S/c1-2-3-4-5-6-7-8-9-10-11-12-13-14-15-16-17-18(19)20;1-4(2)3/h2-17H2,1H3,(H,19,20);(H2,1,2,3). The Morgan fingerprint density at radius 1 is 0.667 bits per heavy atom. The smallest absolute Gasteiger partial charge is 0.303 e. The molecule has 0 bridgehead atoms. The average molecular weight is 367 g/mol. The number of rotatable bonds is 16. The van der Waals surface area contributed by atoms with E-state index < -0.39 is 17.3 Å². The van der Waals surface area contributed by atoms with E-state index in [9.17, 15) is 4.79 Å². The molecule has 0 amide bonds. The fourth-order valence-electron chi connectivity index (χ4n) is 2.65. The molecule has 5 nitrogen and oxygen atoms in total. The van der Waals surface area contributed by atoms with Crippen LogP contribution < -0.4 is 0 Å². The number of hydrogen-bond acceptors (Lipinski definition) is 2. The fraction of sp³-hybridized carbons (Fsp3) is 0.944. The van der Waals surface area contributed by atoms with Gasteiger partial charge >= 0.3 is 5.97 Å². The SMILES string of the molecule is CCCCCCCCCCCCCCCCCC(=O)O.O=S(O)O. The lowest BCUT2D eigenvalue weighted by Gasteiger charge is -2.03. The van der Waals surface area contributed by atoms with Crippen LogP contribution in [-0.4, -0.2) is 24.4 Å². The summed E-state index contributed by atoms with van der Waals surface area (Å²) in [5, 5.41) is 8.52. The minimum atomic E-state index is -2.61. The minimum Gasteiger partial charge on any atom is -0.481 e. The van der Waals surface area contributed by atoms with Crippen LogP contribution in [-0.2, 0) is 16.2 Å². The van der Waals surface area contributed by atoms with Crippen molar-refractivity contribution in [1.29, 1.82) is 0 Å². The van der Waals surface area contributed by atoms with Crippen LogP contribution in [0, 0.1) is 0 Å². The summed E-state index contributed by atoms with van der Waals surface area (Å²) in [6.45, 7) is 2.27. The maximum Gasteiger partial charge on any atom is 0.303 e. The van der Waals surface area contributed by atoms with Gasteiger partial charge in [0.1, 0.15) is 0 Å². The van der Waals surface area contributed by atoms with E-state index in [-0.39, 0.29) is 0 Å². The Balaban J connectivity index is 0. The number of aliphatic carboxylic acids is 1. The molecule has 0 aliphatic rings. The van der Waals surface area contributed by atoms with Crippen LogP contribution in [0.2, 0.25) is 0 Å². The zero-order valence-electron chi connectivity index (χ0n) is 15.4. The number of carboxylic acids is 1. The van der Waals surface area contributed by atoms with Gasteiger partial charge in [0.2, 0.25) is 0 Å². The molecule has 0 spiro atoms. The number of carboxylic acid groups (broad SMARTS) is 1. The molecule has 146 valence electrons. The minimum absolute atomic E-state index is 0.345. The van der Waals surface area contributed by atoms with E-state index in [2.05, 4.69) is 6.92 Å². The molecule has 24 heavy (non-hydrogen) atoms. The van der Waals surface area contributed by atoms with Crippen molar-refractivity contribution in [2.24, 2.45) is 0 Å². The Hall–Kier alpha value is -0.460. The van der Waals surface area contributed by atoms with E-state index in [1.54, 1.807) is 0 Å². The second-order valence-electron chi connectivity index (χ2n) is 6.32. The topological polar surface area (TPSA) is 94.8 Å². The zero-order chi connectivity index (χ0) is 18.5. The van der Waals surface area contributed by atoms with Crippen molar-refractivity contribution in [3.8, 4) is 0 Å². The summed E-state index contributed by atoms with van der Waals surface area (Å²) >= 11 is -2.61. The first-order valence-electron chi connectivity index (χ1n) is 9.52. The molecular weight excluding hydrogens is 328 g/mol. The summed E-state index contributed by atoms with van der Waals surface area (Å²) in [4.78, 5) is 10.3. The second-order valence-corrected chi connectivity index (χ2v) is 6.79. The van der Waals surface area contributed by atoms with Crippen molar-refractivity contribution in [2.75, 3.05) is 0 Å². The Morgan fingerprint density at radius 3 is 1.17 bits per heavy atom. The molecule has 0 aromatic carbocycles. The number of hydrogen-bond donors (Lipinski definition) is 3. The first kappa shape index (κ1) is 25.8. The molecule has 0 aromatic heterocycles. The number of unbranched alkanes of at least 4 members (excludes halogenated alkanes) is 14. The monoisotopic (exact) mass is 366 g/mol. The largest absolute Gasteiger partial charge is 0.481 e. The van der Waals surface area contributed by atoms with Crippen molar-refractivity contribution < 1.29 is 23.2 Å². The van der Waals surface area contributed by atoms with Gasteiger partial charge in [-0.1, -0.05) is 96.8 Å². The quantitative estimate of drug-likeness (QED) is 0.229. The first-order valence-corrected chi connectivity index (χ1v) is 10.6. The van der Waals surface area contributed by atoms with Crippen LogP contribution in [0.15, 0.2) is 0 Å². The second kappa shape index (κ2) is 22.5. The molecule has 0 atom stereocenters.